The van der Waals surface area contributed by atoms with Crippen LogP contribution in [0.1, 0.15) is 54.4 Å². The summed E-state index contributed by atoms with van der Waals surface area (Å²) in [4.78, 5) is 12.8. The summed E-state index contributed by atoms with van der Waals surface area (Å²) in [7, 11) is 0. The first kappa shape index (κ1) is 24.3. The van der Waals surface area contributed by atoms with Crippen molar-refractivity contribution in [2.45, 2.75) is 63.9 Å². The first-order valence-electron chi connectivity index (χ1n) is 12.2. The van der Waals surface area contributed by atoms with E-state index in [9.17, 15) is 15.0 Å². The van der Waals surface area contributed by atoms with Crippen LogP contribution in [-0.4, -0.2) is 47.1 Å². The summed E-state index contributed by atoms with van der Waals surface area (Å²) in [5.74, 6) is -0.597. The number of aliphatic hydroxyl groups is 1. The van der Waals surface area contributed by atoms with Crippen molar-refractivity contribution >= 4 is 27.4 Å². The Bertz CT molecular complexity index is 1220. The monoisotopic (exact) mass is 495 g/mol. The van der Waals surface area contributed by atoms with E-state index in [1.807, 2.05) is 37.3 Å². The van der Waals surface area contributed by atoms with Gasteiger partial charge in [0.25, 0.3) is 0 Å². The lowest BCUT2D eigenvalue weighted by Crippen LogP contribution is -2.45. The van der Waals surface area contributed by atoms with Crippen molar-refractivity contribution in [3.8, 4) is 5.75 Å². The molecule has 5 rings (SSSR count). The predicted octanol–water partition coefficient (Wildman–Crippen LogP) is 4.82. The highest BCUT2D eigenvalue weighted by Crippen LogP contribution is 2.61. The molecule has 1 aliphatic heterocycles. The lowest BCUT2D eigenvalue weighted by molar-refractivity contribution is -0.139. The number of carboxylic acid groups (broad SMARTS) is 1. The molecule has 0 spiro atoms. The van der Waals surface area contributed by atoms with Crippen molar-refractivity contribution < 1.29 is 24.5 Å². The number of hydrogen-bond donors (Lipinski definition) is 3. The zero-order valence-corrected chi connectivity index (χ0v) is 21.4. The molecule has 2 heterocycles. The maximum Gasteiger partial charge on any atom is 0.311 e. The number of aliphatic hydroxyl groups excluding tert-OH is 1. The second-order valence-corrected chi connectivity index (χ2v) is 11.7. The molecule has 0 saturated heterocycles. The van der Waals surface area contributed by atoms with Crippen LogP contribution < -0.4 is 10.1 Å². The number of thiophene rings is 1. The molecule has 0 amide bonds. The van der Waals surface area contributed by atoms with Crippen LogP contribution in [0.3, 0.4) is 0 Å². The molecule has 3 aromatic rings. The van der Waals surface area contributed by atoms with Gasteiger partial charge in [-0.15, -0.1) is 11.3 Å². The number of carboxylic acids is 1. The Labute approximate surface area is 209 Å². The summed E-state index contributed by atoms with van der Waals surface area (Å²) in [5.41, 5.74) is 2.76. The van der Waals surface area contributed by atoms with Gasteiger partial charge in [-0.05, 0) is 62.8 Å². The summed E-state index contributed by atoms with van der Waals surface area (Å²) in [6.07, 6.45) is -0.330. The number of carbonyl (C=O) groups is 1. The van der Waals surface area contributed by atoms with E-state index < -0.39 is 18.0 Å². The average molecular weight is 496 g/mol. The van der Waals surface area contributed by atoms with E-state index in [0.717, 1.165) is 28.9 Å². The highest BCUT2D eigenvalue weighted by Gasteiger charge is 2.64. The van der Waals surface area contributed by atoms with E-state index in [2.05, 4.69) is 49.5 Å². The highest BCUT2D eigenvalue weighted by atomic mass is 32.1. The molecule has 1 fully saturated rings. The van der Waals surface area contributed by atoms with Crippen LogP contribution >= 0.6 is 11.3 Å². The average Bonchev–Trinajstić information content (AvgIpc) is 3.16. The predicted molar refractivity (Wildman–Crippen MR) is 137 cm³/mol. The summed E-state index contributed by atoms with van der Waals surface area (Å²) in [5, 5.41) is 24.8. The van der Waals surface area contributed by atoms with Crippen molar-refractivity contribution in [3.05, 3.63) is 64.0 Å². The van der Waals surface area contributed by atoms with Crippen LogP contribution in [0.5, 0.6) is 5.75 Å². The van der Waals surface area contributed by atoms with Gasteiger partial charge in [-0.25, -0.2) is 0 Å². The maximum absolute atomic E-state index is 11.5. The smallest absolute Gasteiger partial charge is 0.311 e. The molecule has 7 heteroatoms. The van der Waals surface area contributed by atoms with Gasteiger partial charge in [0, 0.05) is 33.1 Å². The molecule has 1 unspecified atom stereocenters. The van der Waals surface area contributed by atoms with Gasteiger partial charge >= 0.3 is 5.97 Å². The van der Waals surface area contributed by atoms with Crippen LogP contribution in [0.25, 0.3) is 10.1 Å². The summed E-state index contributed by atoms with van der Waals surface area (Å²) in [6.45, 7) is 8.83. The Balaban J connectivity index is 1.16. The SMILES string of the molecule is Cc1ccc([C@@H](C)OCC(O)CNC(C)(C)Cc2cc3ccccc3s2)c2c1O[C@@H]1[C@@H](C(=O)O)[C@H]21. The zero-order valence-electron chi connectivity index (χ0n) is 20.6. The number of ether oxygens (including phenoxy) is 2. The fraction of sp³-hybridized carbons (Fsp3) is 0.464. The Morgan fingerprint density at radius 1 is 1.26 bits per heavy atom. The van der Waals surface area contributed by atoms with Crippen molar-refractivity contribution in [1.29, 1.82) is 0 Å². The molecule has 1 aromatic heterocycles. The number of benzene rings is 2. The lowest BCUT2D eigenvalue weighted by atomic mass is 9.95. The molecule has 6 nitrogen and oxygen atoms in total. The molecule has 3 N–H and O–H groups in total. The molecule has 0 radical (unpaired) electrons. The van der Waals surface area contributed by atoms with Gasteiger partial charge in [0.15, 0.2) is 0 Å². The van der Waals surface area contributed by atoms with Crippen molar-refractivity contribution in [1.82, 2.24) is 5.32 Å². The maximum atomic E-state index is 11.5. The van der Waals surface area contributed by atoms with E-state index in [1.54, 1.807) is 0 Å². The Morgan fingerprint density at radius 2 is 2.03 bits per heavy atom. The Hall–Kier alpha value is -2.45. The van der Waals surface area contributed by atoms with Gasteiger partial charge in [0.05, 0.1) is 18.8 Å². The minimum absolute atomic E-state index is 0.107. The normalized spacial score (nSPS) is 22.4. The number of aryl methyl sites for hydroxylation is 1. The van der Waals surface area contributed by atoms with Gasteiger partial charge in [-0.3, -0.25) is 4.79 Å². The van der Waals surface area contributed by atoms with Gasteiger partial charge in [0.2, 0.25) is 0 Å². The van der Waals surface area contributed by atoms with Crippen molar-refractivity contribution in [2.75, 3.05) is 13.2 Å². The summed E-state index contributed by atoms with van der Waals surface area (Å²) >= 11 is 1.81. The molecule has 2 aromatic carbocycles. The number of aliphatic carboxylic acids is 1. The Morgan fingerprint density at radius 3 is 2.77 bits per heavy atom. The minimum Gasteiger partial charge on any atom is -0.488 e. The number of β-amino-alcohol motifs (C(OH)–C–C–N with tert-alkyl or cyclic N) is 1. The Kier molecular flexibility index (Phi) is 6.38. The first-order chi connectivity index (χ1) is 16.6. The van der Waals surface area contributed by atoms with Crippen LogP contribution in [-0.2, 0) is 16.0 Å². The summed E-state index contributed by atoms with van der Waals surface area (Å²) in [6, 6.07) is 14.6. The third-order valence-corrected chi connectivity index (χ3v) is 8.25. The second kappa shape index (κ2) is 9.21. The third-order valence-electron chi connectivity index (χ3n) is 7.14. The summed E-state index contributed by atoms with van der Waals surface area (Å²) < 4.78 is 13.3. The van der Waals surface area contributed by atoms with Crippen LogP contribution in [0.4, 0.5) is 0 Å². The van der Waals surface area contributed by atoms with Crippen LogP contribution in [0.15, 0.2) is 42.5 Å². The number of rotatable bonds is 10. The third kappa shape index (κ3) is 4.83. The molecular formula is C28H33NO5S. The zero-order chi connectivity index (χ0) is 24.9. The molecule has 5 atom stereocenters. The first-order valence-corrected chi connectivity index (χ1v) is 13.0. The number of nitrogens with one attached hydrogen (secondary N) is 1. The lowest BCUT2D eigenvalue weighted by Gasteiger charge is -2.28. The topological polar surface area (TPSA) is 88.0 Å². The van der Waals surface area contributed by atoms with E-state index in [0.29, 0.717) is 6.54 Å². The molecular weight excluding hydrogens is 462 g/mol. The molecule has 1 aliphatic carbocycles. The molecule has 186 valence electrons. The van der Waals surface area contributed by atoms with Crippen molar-refractivity contribution in [2.24, 2.45) is 5.92 Å². The van der Waals surface area contributed by atoms with Gasteiger partial charge < -0.3 is 25.0 Å². The van der Waals surface area contributed by atoms with Gasteiger partial charge in [-0.2, -0.15) is 0 Å². The van der Waals surface area contributed by atoms with Crippen LogP contribution in [0, 0.1) is 12.8 Å². The van der Waals surface area contributed by atoms with E-state index in [1.165, 1.54) is 15.0 Å². The van der Waals surface area contributed by atoms with Gasteiger partial charge in [0.1, 0.15) is 17.8 Å². The largest absolute Gasteiger partial charge is 0.488 e. The number of fused-ring (bicyclic) bond motifs is 4. The van der Waals surface area contributed by atoms with E-state index >= 15 is 0 Å². The second-order valence-electron chi connectivity index (χ2n) is 10.5. The van der Waals surface area contributed by atoms with Crippen molar-refractivity contribution in [3.63, 3.8) is 0 Å². The fourth-order valence-electron chi connectivity index (χ4n) is 5.20. The molecule has 35 heavy (non-hydrogen) atoms. The molecule has 0 bridgehead atoms. The molecule has 2 aliphatic rings. The van der Waals surface area contributed by atoms with Crippen LogP contribution in [0.2, 0.25) is 0 Å². The van der Waals surface area contributed by atoms with E-state index in [4.69, 9.17) is 9.47 Å². The van der Waals surface area contributed by atoms with Gasteiger partial charge in [-0.1, -0.05) is 30.3 Å². The highest BCUT2D eigenvalue weighted by molar-refractivity contribution is 7.19. The standard InChI is InChI=1S/C28H33NO5S/c1-15-9-10-20(22-23-24(27(31)32)26(23)34-25(15)22)16(2)33-14-18(30)13-29-28(3,4)12-19-11-17-7-5-6-8-21(17)35-19/h5-11,16,18,23-24,26,29-30H,12-14H2,1-4H3,(H,31,32)/t16-,18?,23+,24+,26+/m1/s1. The number of hydrogen-bond acceptors (Lipinski definition) is 6. The molecule has 1 saturated carbocycles. The quantitative estimate of drug-likeness (QED) is 0.374. The van der Waals surface area contributed by atoms with E-state index in [-0.39, 0.29) is 30.3 Å². The minimum atomic E-state index is -0.813. The fourth-order valence-corrected chi connectivity index (χ4v) is 6.50.